The molecule has 2 aromatic carbocycles. The average Bonchev–Trinajstić information content (AvgIpc) is 3.14. The SMILES string of the molecule is N#Cc1ccc(-c2n[nH]nc2C#N)cc1C=Cc1cccc(C(F)(F)F)c1. The molecule has 0 bridgehead atoms. The van der Waals surface area contributed by atoms with E-state index in [1.807, 2.05) is 12.1 Å². The number of nitrogens with zero attached hydrogens (tertiary/aromatic N) is 4. The summed E-state index contributed by atoms with van der Waals surface area (Å²) in [6, 6.07) is 13.6. The lowest BCUT2D eigenvalue weighted by atomic mass is 10.0. The van der Waals surface area contributed by atoms with Crippen LogP contribution < -0.4 is 0 Å². The third kappa shape index (κ3) is 3.86. The summed E-state index contributed by atoms with van der Waals surface area (Å²) in [5.41, 5.74) is 1.41. The first kappa shape index (κ1) is 17.9. The van der Waals surface area contributed by atoms with Crippen molar-refractivity contribution < 1.29 is 13.2 Å². The van der Waals surface area contributed by atoms with Crippen molar-refractivity contribution >= 4 is 12.2 Å². The first-order valence-electron chi connectivity index (χ1n) is 7.63. The van der Waals surface area contributed by atoms with Gasteiger partial charge in [0.2, 0.25) is 0 Å². The van der Waals surface area contributed by atoms with Gasteiger partial charge in [-0.25, -0.2) is 0 Å². The molecule has 0 radical (unpaired) electrons. The van der Waals surface area contributed by atoms with Crippen molar-refractivity contribution in [1.82, 2.24) is 15.4 Å². The van der Waals surface area contributed by atoms with Gasteiger partial charge < -0.3 is 0 Å². The summed E-state index contributed by atoms with van der Waals surface area (Å²) in [5, 5.41) is 28.3. The van der Waals surface area contributed by atoms with Crippen LogP contribution in [0.3, 0.4) is 0 Å². The standard InChI is InChI=1S/C19H10F3N5/c20-19(21,22)16-3-1-2-12(8-16)4-5-13-9-14(6-7-15(13)10-23)18-17(11-24)25-27-26-18/h1-9H,(H,25,26,27). The van der Waals surface area contributed by atoms with Crippen LogP contribution in [-0.4, -0.2) is 15.4 Å². The Morgan fingerprint density at radius 3 is 2.48 bits per heavy atom. The molecule has 0 amide bonds. The summed E-state index contributed by atoms with van der Waals surface area (Å²) < 4.78 is 38.5. The Morgan fingerprint density at radius 2 is 1.78 bits per heavy atom. The third-order valence-electron chi connectivity index (χ3n) is 3.77. The largest absolute Gasteiger partial charge is 0.416 e. The highest BCUT2D eigenvalue weighted by atomic mass is 19.4. The molecule has 3 aromatic rings. The molecule has 0 unspecified atom stereocenters. The molecule has 5 nitrogen and oxygen atoms in total. The second kappa shape index (κ2) is 7.14. The number of H-pyrrole nitrogens is 1. The van der Waals surface area contributed by atoms with Gasteiger partial charge in [0.05, 0.1) is 17.2 Å². The van der Waals surface area contributed by atoms with Crippen LogP contribution in [-0.2, 0) is 6.18 Å². The maximum absolute atomic E-state index is 12.8. The van der Waals surface area contributed by atoms with E-state index < -0.39 is 11.7 Å². The fraction of sp³-hybridized carbons (Fsp3) is 0.0526. The molecule has 0 atom stereocenters. The fourth-order valence-corrected chi connectivity index (χ4v) is 2.46. The third-order valence-corrected chi connectivity index (χ3v) is 3.77. The molecule has 1 aromatic heterocycles. The van der Waals surface area contributed by atoms with Gasteiger partial charge in [-0.15, -0.1) is 5.10 Å². The van der Waals surface area contributed by atoms with E-state index in [1.165, 1.54) is 18.2 Å². The molecule has 0 aliphatic rings. The van der Waals surface area contributed by atoms with Gasteiger partial charge >= 0.3 is 6.18 Å². The van der Waals surface area contributed by atoms with Crippen molar-refractivity contribution in [3.8, 4) is 23.4 Å². The van der Waals surface area contributed by atoms with Crippen molar-refractivity contribution in [2.75, 3.05) is 0 Å². The summed E-state index contributed by atoms with van der Waals surface area (Å²) in [5.74, 6) is 0. The maximum atomic E-state index is 12.8. The Hall–Kier alpha value is -3.91. The molecule has 0 saturated heterocycles. The zero-order valence-corrected chi connectivity index (χ0v) is 13.6. The highest BCUT2D eigenvalue weighted by Gasteiger charge is 2.30. The molecule has 0 fully saturated rings. The molecule has 3 rings (SSSR count). The van der Waals surface area contributed by atoms with Gasteiger partial charge in [-0.05, 0) is 35.4 Å². The lowest BCUT2D eigenvalue weighted by Crippen LogP contribution is -2.04. The van der Waals surface area contributed by atoms with E-state index in [4.69, 9.17) is 5.26 Å². The monoisotopic (exact) mass is 365 g/mol. The number of aromatic amines is 1. The topological polar surface area (TPSA) is 89.2 Å². The minimum atomic E-state index is -4.43. The van der Waals surface area contributed by atoms with Crippen molar-refractivity contribution in [1.29, 1.82) is 10.5 Å². The fourth-order valence-electron chi connectivity index (χ4n) is 2.46. The number of benzene rings is 2. The molecule has 0 aliphatic heterocycles. The van der Waals surface area contributed by atoms with E-state index in [9.17, 15) is 18.4 Å². The van der Waals surface area contributed by atoms with Crippen LogP contribution in [0.2, 0.25) is 0 Å². The Balaban J connectivity index is 2.00. The zero-order chi connectivity index (χ0) is 19.4. The van der Waals surface area contributed by atoms with Crippen LogP contribution in [0.25, 0.3) is 23.4 Å². The summed E-state index contributed by atoms with van der Waals surface area (Å²) in [6.07, 6.45) is -1.39. The molecule has 0 spiro atoms. The van der Waals surface area contributed by atoms with Crippen LogP contribution >= 0.6 is 0 Å². The second-order valence-electron chi connectivity index (χ2n) is 5.50. The van der Waals surface area contributed by atoms with Crippen molar-refractivity contribution in [3.63, 3.8) is 0 Å². The number of hydrogen-bond donors (Lipinski definition) is 1. The van der Waals surface area contributed by atoms with E-state index in [0.717, 1.165) is 12.1 Å². The van der Waals surface area contributed by atoms with Crippen molar-refractivity contribution in [2.45, 2.75) is 6.18 Å². The summed E-state index contributed by atoms with van der Waals surface area (Å²) in [7, 11) is 0. The van der Waals surface area contributed by atoms with E-state index in [2.05, 4.69) is 15.4 Å². The predicted molar refractivity (Wildman–Crippen MR) is 91.6 cm³/mol. The van der Waals surface area contributed by atoms with Crippen LogP contribution in [0, 0.1) is 22.7 Å². The van der Waals surface area contributed by atoms with Gasteiger partial charge in [0, 0.05) is 5.56 Å². The first-order valence-corrected chi connectivity index (χ1v) is 7.63. The Morgan fingerprint density at radius 1 is 0.963 bits per heavy atom. The van der Waals surface area contributed by atoms with Gasteiger partial charge in [0.15, 0.2) is 5.69 Å². The molecule has 0 saturated carbocycles. The lowest BCUT2D eigenvalue weighted by molar-refractivity contribution is -0.137. The van der Waals surface area contributed by atoms with E-state index in [1.54, 1.807) is 24.3 Å². The number of nitrogens with one attached hydrogen (secondary N) is 1. The van der Waals surface area contributed by atoms with Crippen molar-refractivity contribution in [3.05, 3.63) is 70.4 Å². The van der Waals surface area contributed by atoms with Gasteiger partial charge in [0.25, 0.3) is 0 Å². The summed E-state index contributed by atoms with van der Waals surface area (Å²) in [4.78, 5) is 0. The van der Waals surface area contributed by atoms with Gasteiger partial charge in [-0.3, -0.25) is 0 Å². The normalized spacial score (nSPS) is 11.3. The van der Waals surface area contributed by atoms with Crippen LogP contribution in [0.1, 0.15) is 27.9 Å². The molecule has 27 heavy (non-hydrogen) atoms. The van der Waals surface area contributed by atoms with E-state index >= 15 is 0 Å². The summed E-state index contributed by atoms with van der Waals surface area (Å²) in [6.45, 7) is 0. The smallest absolute Gasteiger partial charge is 0.196 e. The molecule has 0 aliphatic carbocycles. The molecular formula is C19H10F3N5. The average molecular weight is 365 g/mol. The number of hydrogen-bond acceptors (Lipinski definition) is 4. The number of nitriles is 2. The Labute approximate surface area is 152 Å². The zero-order valence-electron chi connectivity index (χ0n) is 13.6. The highest BCUT2D eigenvalue weighted by molar-refractivity contribution is 5.77. The summed E-state index contributed by atoms with van der Waals surface area (Å²) >= 11 is 0. The van der Waals surface area contributed by atoms with Crippen LogP contribution in [0.5, 0.6) is 0 Å². The molecule has 1 N–H and O–H groups in total. The van der Waals surface area contributed by atoms with Crippen LogP contribution in [0.15, 0.2) is 42.5 Å². The van der Waals surface area contributed by atoms with Gasteiger partial charge in [-0.2, -0.15) is 34.0 Å². The van der Waals surface area contributed by atoms with E-state index in [-0.39, 0.29) is 5.69 Å². The minimum absolute atomic E-state index is 0.104. The molecule has 8 heteroatoms. The number of alkyl halides is 3. The number of aromatic nitrogens is 3. The van der Waals surface area contributed by atoms with Gasteiger partial charge in [0.1, 0.15) is 11.8 Å². The Kier molecular flexibility index (Phi) is 4.73. The molecular weight excluding hydrogens is 355 g/mol. The van der Waals surface area contributed by atoms with Gasteiger partial charge in [-0.1, -0.05) is 30.4 Å². The highest BCUT2D eigenvalue weighted by Crippen LogP contribution is 2.30. The first-order chi connectivity index (χ1) is 12.9. The molecule has 132 valence electrons. The quantitative estimate of drug-likeness (QED) is 0.697. The maximum Gasteiger partial charge on any atom is 0.416 e. The minimum Gasteiger partial charge on any atom is -0.196 e. The van der Waals surface area contributed by atoms with Crippen LogP contribution in [0.4, 0.5) is 13.2 Å². The molecule has 1 heterocycles. The Bertz CT molecular complexity index is 1100. The number of halogens is 3. The van der Waals surface area contributed by atoms with Crippen molar-refractivity contribution in [2.24, 2.45) is 0 Å². The predicted octanol–water partition coefficient (Wildman–Crippen LogP) is 4.40. The second-order valence-corrected chi connectivity index (χ2v) is 5.50. The number of rotatable bonds is 3. The lowest BCUT2D eigenvalue weighted by Gasteiger charge is -2.07. The van der Waals surface area contributed by atoms with E-state index in [0.29, 0.717) is 27.9 Å².